The molecule has 1 saturated carbocycles. The van der Waals surface area contributed by atoms with Crippen molar-refractivity contribution in [3.8, 4) is 0 Å². The van der Waals surface area contributed by atoms with E-state index in [1.165, 1.54) is 32.2 Å². The quantitative estimate of drug-likeness (QED) is 0.795. The summed E-state index contributed by atoms with van der Waals surface area (Å²) in [7, 11) is 3.48. The van der Waals surface area contributed by atoms with Crippen LogP contribution in [0.4, 0.5) is 0 Å². The Kier molecular flexibility index (Phi) is 3.01. The van der Waals surface area contributed by atoms with E-state index in [9.17, 15) is 4.79 Å². The lowest BCUT2D eigenvalue weighted by Crippen LogP contribution is -2.13. The van der Waals surface area contributed by atoms with E-state index in [1.54, 1.807) is 0 Å². The van der Waals surface area contributed by atoms with Gasteiger partial charge in [-0.15, -0.1) is 0 Å². The first kappa shape index (κ1) is 12.2. The third kappa shape index (κ3) is 2.11. The first-order chi connectivity index (χ1) is 9.19. The van der Waals surface area contributed by atoms with Gasteiger partial charge in [-0.3, -0.25) is 4.79 Å². The number of benzene rings is 1. The van der Waals surface area contributed by atoms with Crippen molar-refractivity contribution in [3.63, 3.8) is 0 Å². The minimum atomic E-state index is -0.208. The highest BCUT2D eigenvalue weighted by atomic mass is 16.5. The zero-order valence-corrected chi connectivity index (χ0v) is 11.3. The maximum Gasteiger partial charge on any atom is 0.309 e. The largest absolute Gasteiger partial charge is 0.469 e. The fourth-order valence-corrected chi connectivity index (χ4v) is 2.63. The summed E-state index contributed by atoms with van der Waals surface area (Å²) >= 11 is 0. The van der Waals surface area contributed by atoms with Gasteiger partial charge in [0.1, 0.15) is 5.82 Å². The summed E-state index contributed by atoms with van der Waals surface area (Å²) in [5, 5.41) is 0. The van der Waals surface area contributed by atoms with Crippen molar-refractivity contribution in [2.75, 3.05) is 7.11 Å². The smallest absolute Gasteiger partial charge is 0.309 e. The highest BCUT2D eigenvalue weighted by Crippen LogP contribution is 2.36. The Morgan fingerprint density at radius 2 is 2.26 bits per heavy atom. The number of hydrogen-bond donors (Lipinski definition) is 0. The molecule has 4 nitrogen and oxygen atoms in total. The number of carbonyl (C=O) groups excluding carboxylic acids is 1. The molecule has 0 saturated heterocycles. The lowest BCUT2D eigenvalue weighted by molar-refractivity contribution is -0.139. The normalized spacial score (nSPS) is 15.5. The maximum absolute atomic E-state index is 11.3. The number of carbonyl (C=O) groups is 1. The molecule has 1 aromatic carbocycles. The molecule has 3 rings (SSSR count). The van der Waals surface area contributed by atoms with Crippen molar-refractivity contribution in [2.45, 2.75) is 31.6 Å². The van der Waals surface area contributed by atoms with E-state index in [-0.39, 0.29) is 5.97 Å². The number of fused-ring (bicyclic) bond motifs is 1. The number of ether oxygens (including phenoxy) is 1. The SMILES string of the molecule is COC(=O)Cc1ccc2nc(C3CCC3)n(C)c2c1. The van der Waals surface area contributed by atoms with Gasteiger partial charge in [-0.1, -0.05) is 12.5 Å². The number of aryl methyl sites for hydroxylation is 1. The molecule has 0 amide bonds. The van der Waals surface area contributed by atoms with Crippen LogP contribution in [0.1, 0.15) is 36.6 Å². The van der Waals surface area contributed by atoms with Crippen LogP contribution >= 0.6 is 0 Å². The topological polar surface area (TPSA) is 44.1 Å². The van der Waals surface area contributed by atoms with Crippen molar-refractivity contribution < 1.29 is 9.53 Å². The predicted molar refractivity (Wildman–Crippen MR) is 73.0 cm³/mol. The molecule has 1 aromatic heterocycles. The third-order valence-electron chi connectivity index (χ3n) is 4.03. The molecule has 1 fully saturated rings. The zero-order valence-electron chi connectivity index (χ0n) is 11.3. The number of esters is 1. The van der Waals surface area contributed by atoms with Crippen molar-refractivity contribution in [3.05, 3.63) is 29.6 Å². The molecule has 0 N–H and O–H groups in total. The molecule has 1 aliphatic carbocycles. The molecule has 0 spiro atoms. The number of nitrogens with zero attached hydrogens (tertiary/aromatic N) is 2. The van der Waals surface area contributed by atoms with E-state index < -0.39 is 0 Å². The number of hydrogen-bond acceptors (Lipinski definition) is 3. The molecule has 0 bridgehead atoms. The van der Waals surface area contributed by atoms with Crippen molar-refractivity contribution in [1.29, 1.82) is 0 Å². The van der Waals surface area contributed by atoms with Gasteiger partial charge < -0.3 is 9.30 Å². The van der Waals surface area contributed by atoms with Crippen LogP contribution in [-0.2, 0) is 23.0 Å². The second kappa shape index (κ2) is 4.68. The second-order valence-corrected chi connectivity index (χ2v) is 5.23. The van der Waals surface area contributed by atoms with Gasteiger partial charge in [0.25, 0.3) is 0 Å². The van der Waals surface area contributed by atoms with Crippen molar-refractivity contribution in [1.82, 2.24) is 9.55 Å². The zero-order chi connectivity index (χ0) is 13.4. The summed E-state index contributed by atoms with van der Waals surface area (Å²) in [6.45, 7) is 0. The molecule has 0 unspecified atom stereocenters. The summed E-state index contributed by atoms with van der Waals surface area (Å²) in [4.78, 5) is 16.0. The van der Waals surface area contributed by atoms with Crippen LogP contribution in [0.25, 0.3) is 11.0 Å². The molecule has 0 atom stereocenters. The monoisotopic (exact) mass is 258 g/mol. The van der Waals surface area contributed by atoms with E-state index >= 15 is 0 Å². The molecular formula is C15H18N2O2. The summed E-state index contributed by atoms with van der Waals surface area (Å²) in [5.41, 5.74) is 3.09. The van der Waals surface area contributed by atoms with Gasteiger partial charge in [-0.2, -0.15) is 0 Å². The molecule has 100 valence electrons. The van der Waals surface area contributed by atoms with Gasteiger partial charge in [0.2, 0.25) is 0 Å². The van der Waals surface area contributed by atoms with E-state index in [0.717, 1.165) is 16.6 Å². The standard InChI is InChI=1S/C15H18N2O2/c1-17-13-8-10(9-14(18)19-2)6-7-12(13)16-15(17)11-4-3-5-11/h6-8,11H,3-5,9H2,1-2H3. The van der Waals surface area contributed by atoms with Gasteiger partial charge in [-0.25, -0.2) is 4.98 Å². The number of aromatic nitrogens is 2. The van der Waals surface area contributed by atoms with Crippen molar-refractivity contribution >= 4 is 17.0 Å². The first-order valence-electron chi connectivity index (χ1n) is 6.71. The van der Waals surface area contributed by atoms with Gasteiger partial charge >= 0.3 is 5.97 Å². The van der Waals surface area contributed by atoms with Gasteiger partial charge in [-0.05, 0) is 30.5 Å². The van der Waals surface area contributed by atoms with Crippen LogP contribution in [0.2, 0.25) is 0 Å². The highest BCUT2D eigenvalue weighted by molar-refractivity contribution is 5.79. The fourth-order valence-electron chi connectivity index (χ4n) is 2.63. The Morgan fingerprint density at radius 3 is 2.89 bits per heavy atom. The fraction of sp³-hybridized carbons (Fsp3) is 0.467. The van der Waals surface area contributed by atoms with E-state index in [1.807, 2.05) is 18.2 Å². The molecule has 4 heteroatoms. The lowest BCUT2D eigenvalue weighted by atomic mass is 9.85. The number of imidazole rings is 1. The minimum absolute atomic E-state index is 0.208. The predicted octanol–water partition coefficient (Wildman–Crippen LogP) is 2.56. The maximum atomic E-state index is 11.3. The van der Waals surface area contributed by atoms with E-state index in [0.29, 0.717) is 12.3 Å². The van der Waals surface area contributed by atoms with Crippen LogP contribution < -0.4 is 0 Å². The second-order valence-electron chi connectivity index (χ2n) is 5.23. The highest BCUT2D eigenvalue weighted by Gasteiger charge is 2.24. The van der Waals surface area contributed by atoms with Gasteiger partial charge in [0, 0.05) is 13.0 Å². The lowest BCUT2D eigenvalue weighted by Gasteiger charge is -2.24. The number of rotatable bonds is 3. The van der Waals surface area contributed by atoms with Crippen LogP contribution in [0.5, 0.6) is 0 Å². The molecular weight excluding hydrogens is 240 g/mol. The third-order valence-corrected chi connectivity index (χ3v) is 4.03. The minimum Gasteiger partial charge on any atom is -0.469 e. The first-order valence-corrected chi connectivity index (χ1v) is 6.71. The average Bonchev–Trinajstić information content (AvgIpc) is 2.65. The molecule has 0 aliphatic heterocycles. The Bertz CT molecular complexity index is 626. The molecule has 0 radical (unpaired) electrons. The van der Waals surface area contributed by atoms with Crippen LogP contribution in [0.15, 0.2) is 18.2 Å². The van der Waals surface area contributed by atoms with Crippen molar-refractivity contribution in [2.24, 2.45) is 7.05 Å². The van der Waals surface area contributed by atoms with Gasteiger partial charge in [0.15, 0.2) is 0 Å². The summed E-state index contributed by atoms with van der Waals surface area (Å²) in [5.74, 6) is 1.58. The van der Waals surface area contributed by atoms with Crippen LogP contribution in [0, 0.1) is 0 Å². The molecule has 19 heavy (non-hydrogen) atoms. The molecule has 2 aromatic rings. The molecule has 1 heterocycles. The summed E-state index contributed by atoms with van der Waals surface area (Å²) < 4.78 is 6.87. The van der Waals surface area contributed by atoms with Gasteiger partial charge in [0.05, 0.1) is 24.6 Å². The Balaban J connectivity index is 1.97. The van der Waals surface area contributed by atoms with Crippen LogP contribution in [-0.4, -0.2) is 22.6 Å². The number of methoxy groups -OCH3 is 1. The summed E-state index contributed by atoms with van der Waals surface area (Å²) in [6, 6.07) is 5.99. The van der Waals surface area contributed by atoms with E-state index in [4.69, 9.17) is 9.72 Å². The Morgan fingerprint density at radius 1 is 1.47 bits per heavy atom. The average molecular weight is 258 g/mol. The summed E-state index contributed by atoms with van der Waals surface area (Å²) in [6.07, 6.45) is 4.11. The molecule has 1 aliphatic rings. The Labute approximate surface area is 112 Å². The van der Waals surface area contributed by atoms with E-state index in [2.05, 4.69) is 11.6 Å². The Hall–Kier alpha value is -1.84. The van der Waals surface area contributed by atoms with Crippen LogP contribution in [0.3, 0.4) is 0 Å².